The van der Waals surface area contributed by atoms with Crippen LogP contribution in [0.4, 0.5) is 0 Å². The molecule has 2 aromatic heterocycles. The van der Waals surface area contributed by atoms with Gasteiger partial charge in [0.2, 0.25) is 5.16 Å². The highest BCUT2D eigenvalue weighted by Crippen LogP contribution is 2.31. The van der Waals surface area contributed by atoms with Crippen molar-refractivity contribution in [2.24, 2.45) is 0 Å². The summed E-state index contributed by atoms with van der Waals surface area (Å²) in [6, 6.07) is 15.5. The van der Waals surface area contributed by atoms with Gasteiger partial charge in [0, 0.05) is 17.2 Å². The monoisotopic (exact) mass is 376 g/mol. The molecular formula is C20H16N4O2S. The molecule has 0 N–H and O–H groups in total. The smallest absolute Gasteiger partial charge is 0.336 e. The molecule has 0 unspecified atom stereocenters. The minimum Gasteiger partial charge on any atom is -0.423 e. The number of hydrogen-bond acceptors (Lipinski definition) is 6. The van der Waals surface area contributed by atoms with Gasteiger partial charge in [-0.1, -0.05) is 30.0 Å². The molecule has 0 saturated heterocycles. The number of para-hydroxylation sites is 1. The van der Waals surface area contributed by atoms with E-state index in [0.29, 0.717) is 16.5 Å². The summed E-state index contributed by atoms with van der Waals surface area (Å²) in [5.74, 6) is 0.591. The molecule has 0 saturated carbocycles. The first-order valence-corrected chi connectivity index (χ1v) is 9.81. The SMILES string of the molecule is O=c1cc(CSc2nnnn2-c2ccccc2)c2cc3c(cc2o1)CCC3. The van der Waals surface area contributed by atoms with Crippen molar-refractivity contribution in [3.05, 3.63) is 75.6 Å². The van der Waals surface area contributed by atoms with Crippen molar-refractivity contribution in [1.82, 2.24) is 20.2 Å². The van der Waals surface area contributed by atoms with Gasteiger partial charge < -0.3 is 4.42 Å². The van der Waals surface area contributed by atoms with E-state index in [1.165, 1.54) is 22.9 Å². The molecule has 0 spiro atoms. The molecule has 5 rings (SSSR count). The minimum absolute atomic E-state index is 0.321. The van der Waals surface area contributed by atoms with E-state index in [-0.39, 0.29) is 5.63 Å². The highest BCUT2D eigenvalue weighted by molar-refractivity contribution is 7.98. The van der Waals surface area contributed by atoms with Crippen LogP contribution in [0, 0.1) is 0 Å². The quantitative estimate of drug-likeness (QED) is 0.401. The Kier molecular flexibility index (Phi) is 4.01. The van der Waals surface area contributed by atoms with Crippen LogP contribution < -0.4 is 5.63 Å². The maximum atomic E-state index is 12.0. The normalized spacial score (nSPS) is 13.2. The van der Waals surface area contributed by atoms with Crippen LogP contribution in [0.25, 0.3) is 16.7 Å². The van der Waals surface area contributed by atoms with Crippen LogP contribution in [0.15, 0.2) is 62.9 Å². The van der Waals surface area contributed by atoms with Gasteiger partial charge in [-0.25, -0.2) is 4.79 Å². The predicted octanol–water partition coefficient (Wildman–Crippen LogP) is 3.55. The van der Waals surface area contributed by atoms with Crippen molar-refractivity contribution in [3.63, 3.8) is 0 Å². The summed E-state index contributed by atoms with van der Waals surface area (Å²) in [4.78, 5) is 12.0. The highest BCUT2D eigenvalue weighted by atomic mass is 32.2. The summed E-state index contributed by atoms with van der Waals surface area (Å²) in [6.07, 6.45) is 3.30. The van der Waals surface area contributed by atoms with Crippen LogP contribution in [0.1, 0.15) is 23.1 Å². The van der Waals surface area contributed by atoms with E-state index in [4.69, 9.17) is 4.42 Å². The third-order valence-corrected chi connectivity index (χ3v) is 5.81. The lowest BCUT2D eigenvalue weighted by atomic mass is 10.0. The summed E-state index contributed by atoms with van der Waals surface area (Å²) in [7, 11) is 0. The third kappa shape index (κ3) is 3.04. The van der Waals surface area contributed by atoms with Crippen LogP contribution in [0.5, 0.6) is 0 Å². The molecule has 27 heavy (non-hydrogen) atoms. The molecule has 0 amide bonds. The topological polar surface area (TPSA) is 73.8 Å². The fourth-order valence-corrected chi connectivity index (χ4v) is 4.44. The molecule has 0 aliphatic heterocycles. The van der Waals surface area contributed by atoms with Crippen LogP contribution >= 0.6 is 11.8 Å². The molecule has 0 fully saturated rings. The molecule has 6 nitrogen and oxygen atoms in total. The molecule has 7 heteroatoms. The van der Waals surface area contributed by atoms with Crippen molar-refractivity contribution in [1.29, 1.82) is 0 Å². The van der Waals surface area contributed by atoms with E-state index in [2.05, 4.69) is 21.6 Å². The van der Waals surface area contributed by atoms with Crippen molar-refractivity contribution >= 4 is 22.7 Å². The Hall–Kier alpha value is -2.93. The zero-order chi connectivity index (χ0) is 18.2. The molecule has 4 aromatic rings. The number of rotatable bonds is 4. The molecule has 0 atom stereocenters. The van der Waals surface area contributed by atoms with Gasteiger partial charge >= 0.3 is 5.63 Å². The Labute approximate surface area is 159 Å². The van der Waals surface area contributed by atoms with Gasteiger partial charge in [-0.2, -0.15) is 4.68 Å². The lowest BCUT2D eigenvalue weighted by Gasteiger charge is -2.08. The maximum Gasteiger partial charge on any atom is 0.336 e. The number of tetrazole rings is 1. The van der Waals surface area contributed by atoms with E-state index in [9.17, 15) is 4.79 Å². The average Bonchev–Trinajstić information content (AvgIpc) is 3.34. The molecule has 2 heterocycles. The Balaban J connectivity index is 1.50. The van der Waals surface area contributed by atoms with Crippen molar-refractivity contribution in [3.8, 4) is 5.69 Å². The van der Waals surface area contributed by atoms with Crippen LogP contribution in [-0.2, 0) is 18.6 Å². The Bertz CT molecular complexity index is 1180. The number of aromatic nitrogens is 4. The molecule has 1 aliphatic carbocycles. The molecule has 0 radical (unpaired) electrons. The standard InChI is InChI=1S/C20H16N4O2S/c25-19-11-15(17-9-13-5-4-6-14(13)10-18(17)26-19)12-27-20-21-22-23-24(20)16-7-2-1-3-8-16/h1-3,7-11H,4-6,12H2. The second-order valence-corrected chi connectivity index (χ2v) is 7.50. The number of benzene rings is 2. The van der Waals surface area contributed by atoms with Gasteiger partial charge in [-0.05, 0) is 70.6 Å². The van der Waals surface area contributed by atoms with E-state index in [0.717, 1.165) is 35.9 Å². The van der Waals surface area contributed by atoms with E-state index in [1.807, 2.05) is 36.4 Å². The van der Waals surface area contributed by atoms with Gasteiger partial charge in [0.05, 0.1) is 5.69 Å². The van der Waals surface area contributed by atoms with Gasteiger partial charge in [0.15, 0.2) is 0 Å². The molecule has 134 valence electrons. The van der Waals surface area contributed by atoms with Crippen molar-refractivity contribution in [2.45, 2.75) is 30.2 Å². The molecule has 0 bridgehead atoms. The molecule has 1 aliphatic rings. The minimum atomic E-state index is -0.321. The summed E-state index contributed by atoms with van der Waals surface area (Å²) in [5, 5.41) is 13.7. The van der Waals surface area contributed by atoms with Gasteiger partial charge in [-0.3, -0.25) is 0 Å². The number of thioether (sulfide) groups is 1. The fraction of sp³-hybridized carbons (Fsp3) is 0.200. The number of nitrogens with zero attached hydrogens (tertiary/aromatic N) is 4. The zero-order valence-electron chi connectivity index (χ0n) is 14.5. The van der Waals surface area contributed by atoms with Gasteiger partial charge in [0.25, 0.3) is 0 Å². The Morgan fingerprint density at radius 2 is 1.89 bits per heavy atom. The zero-order valence-corrected chi connectivity index (χ0v) is 15.3. The van der Waals surface area contributed by atoms with Crippen LogP contribution in [0.3, 0.4) is 0 Å². The first-order valence-electron chi connectivity index (χ1n) is 8.83. The second kappa shape index (κ2) is 6.66. The van der Waals surface area contributed by atoms with Crippen molar-refractivity contribution in [2.75, 3.05) is 0 Å². The summed E-state index contributed by atoms with van der Waals surface area (Å²) in [5.41, 5.74) is 4.85. The van der Waals surface area contributed by atoms with Crippen LogP contribution in [-0.4, -0.2) is 20.2 Å². The first-order chi connectivity index (χ1) is 13.3. The Morgan fingerprint density at radius 1 is 1.07 bits per heavy atom. The lowest BCUT2D eigenvalue weighted by Crippen LogP contribution is -2.02. The summed E-state index contributed by atoms with van der Waals surface area (Å²) in [6.45, 7) is 0. The first kappa shape index (κ1) is 16.3. The predicted molar refractivity (Wildman–Crippen MR) is 103 cm³/mol. The van der Waals surface area contributed by atoms with Crippen LogP contribution in [0.2, 0.25) is 0 Å². The second-order valence-electron chi connectivity index (χ2n) is 6.56. The van der Waals surface area contributed by atoms with E-state index < -0.39 is 0 Å². The number of fused-ring (bicyclic) bond motifs is 2. The fourth-order valence-electron chi connectivity index (χ4n) is 3.56. The number of hydrogen-bond donors (Lipinski definition) is 0. The third-order valence-electron chi connectivity index (χ3n) is 4.84. The lowest BCUT2D eigenvalue weighted by molar-refractivity contribution is 0.559. The van der Waals surface area contributed by atoms with Gasteiger partial charge in [-0.15, -0.1) is 5.10 Å². The summed E-state index contributed by atoms with van der Waals surface area (Å²) >= 11 is 1.50. The average molecular weight is 376 g/mol. The molecular weight excluding hydrogens is 360 g/mol. The Morgan fingerprint density at radius 3 is 2.74 bits per heavy atom. The van der Waals surface area contributed by atoms with E-state index in [1.54, 1.807) is 10.7 Å². The summed E-state index contributed by atoms with van der Waals surface area (Å²) < 4.78 is 7.15. The van der Waals surface area contributed by atoms with Gasteiger partial charge in [0.1, 0.15) is 5.58 Å². The largest absolute Gasteiger partial charge is 0.423 e. The number of aryl methyl sites for hydroxylation is 2. The maximum absolute atomic E-state index is 12.0. The van der Waals surface area contributed by atoms with E-state index >= 15 is 0 Å². The highest BCUT2D eigenvalue weighted by Gasteiger charge is 2.16. The molecule has 2 aromatic carbocycles. The van der Waals surface area contributed by atoms with Crippen molar-refractivity contribution < 1.29 is 4.42 Å².